The molecule has 0 unspecified atom stereocenters. The molecule has 3 aliphatic heterocycles. The molecule has 1 spiro atoms. The van der Waals surface area contributed by atoms with Crippen LogP contribution >= 0.6 is 0 Å². The van der Waals surface area contributed by atoms with E-state index in [0.29, 0.717) is 12.3 Å². The normalized spacial score (nSPS) is 25.4. The second-order valence-corrected chi connectivity index (χ2v) is 8.49. The molecule has 4 rings (SSSR count). The highest BCUT2D eigenvalue weighted by Gasteiger charge is 2.48. The lowest BCUT2D eigenvalue weighted by Crippen LogP contribution is -2.66. The Morgan fingerprint density at radius 3 is 2.70 bits per heavy atom. The predicted octanol–water partition coefficient (Wildman–Crippen LogP) is 2.27. The fourth-order valence-corrected chi connectivity index (χ4v) is 4.58. The van der Waals surface area contributed by atoms with Gasteiger partial charge in [-0.2, -0.15) is 0 Å². The Kier molecular flexibility index (Phi) is 5.81. The smallest absolute Gasteiger partial charge is 0.223 e. The Hall–Kier alpha value is -1.43. The number of rotatable bonds is 5. The zero-order valence-corrected chi connectivity index (χ0v) is 16.5. The van der Waals surface area contributed by atoms with E-state index in [0.717, 1.165) is 65.4 Å². The van der Waals surface area contributed by atoms with E-state index in [1.165, 1.54) is 17.5 Å². The van der Waals surface area contributed by atoms with E-state index in [4.69, 9.17) is 9.47 Å². The standard InChI is InChI=1S/C22H32N2O3/c1-18-4-2-3-5-20(18)6-7-21(25)24-16-22(17-24)9-8-19(15-27-22)14-23-10-12-26-13-11-23/h2-5,19H,6-17H2,1H3/t19-/m0/s1. The second kappa shape index (κ2) is 8.29. The van der Waals surface area contributed by atoms with Crippen LogP contribution in [0.5, 0.6) is 0 Å². The Morgan fingerprint density at radius 2 is 2.00 bits per heavy atom. The molecule has 1 amide bonds. The van der Waals surface area contributed by atoms with Crippen molar-refractivity contribution in [2.24, 2.45) is 5.92 Å². The summed E-state index contributed by atoms with van der Waals surface area (Å²) in [5.41, 5.74) is 2.49. The van der Waals surface area contributed by atoms with E-state index in [2.05, 4.69) is 30.0 Å². The first kappa shape index (κ1) is 18.9. The summed E-state index contributed by atoms with van der Waals surface area (Å²) < 4.78 is 11.7. The third-order valence-corrected chi connectivity index (χ3v) is 6.43. The van der Waals surface area contributed by atoms with E-state index in [1.807, 2.05) is 11.0 Å². The van der Waals surface area contributed by atoms with Crippen molar-refractivity contribution in [1.29, 1.82) is 0 Å². The molecular formula is C22H32N2O3. The van der Waals surface area contributed by atoms with Gasteiger partial charge in [0.05, 0.1) is 32.9 Å². The molecule has 1 aromatic rings. The van der Waals surface area contributed by atoms with Gasteiger partial charge in [-0.1, -0.05) is 24.3 Å². The summed E-state index contributed by atoms with van der Waals surface area (Å²) in [6.45, 7) is 9.44. The molecule has 3 aliphatic rings. The van der Waals surface area contributed by atoms with E-state index in [1.54, 1.807) is 0 Å². The molecule has 1 aromatic carbocycles. The SMILES string of the molecule is Cc1ccccc1CCC(=O)N1CC2(CC[C@@H](CN3CCOCC3)CO2)C1. The van der Waals surface area contributed by atoms with Crippen LogP contribution in [0, 0.1) is 12.8 Å². The number of carbonyl (C=O) groups excluding carboxylic acids is 1. The van der Waals surface area contributed by atoms with E-state index in [9.17, 15) is 4.79 Å². The van der Waals surface area contributed by atoms with Gasteiger partial charge in [0.15, 0.2) is 0 Å². The number of ether oxygens (including phenoxy) is 2. The minimum Gasteiger partial charge on any atom is -0.379 e. The minimum atomic E-state index is -0.0557. The quantitative estimate of drug-likeness (QED) is 0.795. The maximum atomic E-state index is 12.5. The molecule has 0 bridgehead atoms. The number of hydrogen-bond donors (Lipinski definition) is 0. The Balaban J connectivity index is 1.18. The van der Waals surface area contributed by atoms with Crippen LogP contribution in [0.15, 0.2) is 24.3 Å². The summed E-state index contributed by atoms with van der Waals surface area (Å²) in [6, 6.07) is 8.34. The number of nitrogens with zero attached hydrogens (tertiary/aromatic N) is 2. The molecule has 1 atom stereocenters. The molecule has 0 aromatic heterocycles. The average molecular weight is 373 g/mol. The van der Waals surface area contributed by atoms with Crippen LogP contribution in [-0.4, -0.2) is 73.9 Å². The first-order valence-electron chi connectivity index (χ1n) is 10.4. The fraction of sp³-hybridized carbons (Fsp3) is 0.682. The van der Waals surface area contributed by atoms with Crippen molar-refractivity contribution >= 4 is 5.91 Å². The number of benzene rings is 1. The topological polar surface area (TPSA) is 42.0 Å². The third-order valence-electron chi connectivity index (χ3n) is 6.43. The molecule has 27 heavy (non-hydrogen) atoms. The highest BCUT2D eigenvalue weighted by Crippen LogP contribution is 2.36. The zero-order valence-electron chi connectivity index (χ0n) is 16.5. The lowest BCUT2D eigenvalue weighted by Gasteiger charge is -2.53. The first-order valence-corrected chi connectivity index (χ1v) is 10.4. The largest absolute Gasteiger partial charge is 0.379 e. The molecule has 0 saturated carbocycles. The van der Waals surface area contributed by atoms with E-state index < -0.39 is 0 Å². The Morgan fingerprint density at radius 1 is 1.22 bits per heavy atom. The van der Waals surface area contributed by atoms with Gasteiger partial charge in [0, 0.05) is 26.1 Å². The number of morpholine rings is 1. The number of aryl methyl sites for hydroxylation is 2. The van der Waals surface area contributed by atoms with E-state index >= 15 is 0 Å². The van der Waals surface area contributed by atoms with Crippen LogP contribution in [0.25, 0.3) is 0 Å². The molecule has 0 N–H and O–H groups in total. The van der Waals surface area contributed by atoms with Crippen LogP contribution in [0.2, 0.25) is 0 Å². The fourth-order valence-electron chi connectivity index (χ4n) is 4.58. The summed E-state index contributed by atoms with van der Waals surface area (Å²) in [7, 11) is 0. The molecule has 0 aliphatic carbocycles. The highest BCUT2D eigenvalue weighted by atomic mass is 16.5. The lowest BCUT2D eigenvalue weighted by atomic mass is 9.82. The van der Waals surface area contributed by atoms with Gasteiger partial charge in [0.1, 0.15) is 5.60 Å². The van der Waals surface area contributed by atoms with Crippen molar-refractivity contribution in [3.63, 3.8) is 0 Å². The summed E-state index contributed by atoms with van der Waals surface area (Å²) in [5.74, 6) is 0.891. The van der Waals surface area contributed by atoms with Gasteiger partial charge in [0.25, 0.3) is 0 Å². The van der Waals surface area contributed by atoms with Crippen molar-refractivity contribution < 1.29 is 14.3 Å². The van der Waals surface area contributed by atoms with Crippen LogP contribution in [0.4, 0.5) is 0 Å². The molecule has 3 saturated heterocycles. The molecule has 5 heteroatoms. The van der Waals surface area contributed by atoms with Gasteiger partial charge in [-0.3, -0.25) is 9.69 Å². The van der Waals surface area contributed by atoms with Gasteiger partial charge in [-0.15, -0.1) is 0 Å². The van der Waals surface area contributed by atoms with Gasteiger partial charge in [0.2, 0.25) is 5.91 Å². The third kappa shape index (κ3) is 4.53. The minimum absolute atomic E-state index is 0.0557. The molecule has 0 radical (unpaired) electrons. The average Bonchev–Trinajstić information content (AvgIpc) is 2.67. The van der Waals surface area contributed by atoms with Gasteiger partial charge >= 0.3 is 0 Å². The van der Waals surface area contributed by atoms with Crippen molar-refractivity contribution in [1.82, 2.24) is 9.80 Å². The van der Waals surface area contributed by atoms with Crippen molar-refractivity contribution in [2.45, 2.75) is 38.2 Å². The number of amides is 1. The van der Waals surface area contributed by atoms with Gasteiger partial charge in [-0.25, -0.2) is 0 Å². The summed E-state index contributed by atoms with van der Waals surface area (Å²) in [5, 5.41) is 0. The zero-order chi connectivity index (χ0) is 18.7. The monoisotopic (exact) mass is 372 g/mol. The maximum absolute atomic E-state index is 12.5. The predicted molar refractivity (Wildman–Crippen MR) is 105 cm³/mol. The summed E-state index contributed by atoms with van der Waals surface area (Å²) in [6.07, 6.45) is 3.73. The number of carbonyl (C=O) groups is 1. The number of hydrogen-bond acceptors (Lipinski definition) is 4. The van der Waals surface area contributed by atoms with Crippen molar-refractivity contribution in [3.05, 3.63) is 35.4 Å². The van der Waals surface area contributed by atoms with Crippen molar-refractivity contribution in [3.8, 4) is 0 Å². The van der Waals surface area contributed by atoms with Crippen LogP contribution in [-0.2, 0) is 20.7 Å². The number of likely N-dealkylation sites (tertiary alicyclic amines) is 1. The summed E-state index contributed by atoms with van der Waals surface area (Å²) >= 11 is 0. The van der Waals surface area contributed by atoms with Gasteiger partial charge in [-0.05, 0) is 43.2 Å². The first-order chi connectivity index (χ1) is 13.1. The highest BCUT2D eigenvalue weighted by molar-refractivity contribution is 5.77. The lowest BCUT2D eigenvalue weighted by molar-refractivity contribution is -0.190. The van der Waals surface area contributed by atoms with Crippen LogP contribution < -0.4 is 0 Å². The Bertz CT molecular complexity index is 641. The second-order valence-electron chi connectivity index (χ2n) is 8.49. The van der Waals surface area contributed by atoms with Gasteiger partial charge < -0.3 is 14.4 Å². The Labute approximate surface area is 162 Å². The van der Waals surface area contributed by atoms with Crippen LogP contribution in [0.1, 0.15) is 30.4 Å². The molecule has 5 nitrogen and oxygen atoms in total. The molecular weight excluding hydrogens is 340 g/mol. The molecule has 3 fully saturated rings. The van der Waals surface area contributed by atoms with Crippen molar-refractivity contribution in [2.75, 3.05) is 52.5 Å². The maximum Gasteiger partial charge on any atom is 0.223 e. The van der Waals surface area contributed by atoms with E-state index in [-0.39, 0.29) is 11.5 Å². The molecule has 3 heterocycles. The summed E-state index contributed by atoms with van der Waals surface area (Å²) in [4.78, 5) is 17.0. The molecule has 148 valence electrons. The van der Waals surface area contributed by atoms with Crippen LogP contribution in [0.3, 0.4) is 0 Å².